The van der Waals surface area contributed by atoms with Crippen molar-refractivity contribution in [3.05, 3.63) is 54.5 Å². The van der Waals surface area contributed by atoms with Gasteiger partial charge in [-0.25, -0.2) is 19.9 Å². The predicted octanol–water partition coefficient (Wildman–Crippen LogP) is 5.23. The molecule has 8 heteroatoms. The second-order valence-electron chi connectivity index (χ2n) is 12.7. The maximum atomic E-state index is 5.07. The van der Waals surface area contributed by atoms with Crippen LogP contribution in [0.2, 0.25) is 0 Å². The zero-order chi connectivity index (χ0) is 25.0. The van der Waals surface area contributed by atoms with E-state index in [2.05, 4.69) is 63.2 Å². The van der Waals surface area contributed by atoms with Crippen molar-refractivity contribution in [2.45, 2.75) is 59.2 Å². The van der Waals surface area contributed by atoms with Crippen LogP contribution in [-0.2, 0) is 0 Å². The molecule has 5 aliphatic rings. The summed E-state index contributed by atoms with van der Waals surface area (Å²) in [5.74, 6) is 0.930. The molecule has 0 amide bonds. The van der Waals surface area contributed by atoms with Gasteiger partial charge in [-0.15, -0.1) is 0 Å². The van der Waals surface area contributed by atoms with Crippen LogP contribution < -0.4 is 10.6 Å². The van der Waals surface area contributed by atoms with Gasteiger partial charge in [0.1, 0.15) is 12.0 Å². The second kappa shape index (κ2) is 6.85. The van der Waals surface area contributed by atoms with Crippen molar-refractivity contribution in [2.24, 2.45) is 37.6 Å². The Bertz CT molecular complexity index is 1510. The van der Waals surface area contributed by atoms with Gasteiger partial charge in [0.25, 0.3) is 0 Å². The van der Waals surface area contributed by atoms with Gasteiger partial charge in [-0.2, -0.15) is 0 Å². The Balaban J connectivity index is 1.06. The number of anilines is 2. The number of hydrogen-bond acceptors (Lipinski definition) is 7. The molecule has 0 radical (unpaired) electrons. The zero-order valence-electron chi connectivity index (χ0n) is 21.6. The van der Waals surface area contributed by atoms with Crippen LogP contribution in [0.25, 0.3) is 11.3 Å². The molecule has 4 unspecified atom stereocenters. The molecule has 4 saturated carbocycles. The quantitative estimate of drug-likeness (QED) is 0.476. The third-order valence-electron chi connectivity index (χ3n) is 10.5. The first-order valence-corrected chi connectivity index (χ1v) is 13.4. The number of aromatic nitrogens is 4. The monoisotopic (exact) mass is 492 g/mol. The van der Waals surface area contributed by atoms with Crippen molar-refractivity contribution in [3.8, 4) is 0 Å². The van der Waals surface area contributed by atoms with Gasteiger partial charge in [-0.3, -0.25) is 9.39 Å². The van der Waals surface area contributed by atoms with E-state index < -0.39 is 0 Å². The Hall–Kier alpha value is -3.55. The highest BCUT2D eigenvalue weighted by Gasteiger charge is 2.89. The molecule has 2 bridgehead atoms. The van der Waals surface area contributed by atoms with Crippen LogP contribution in [0.15, 0.2) is 58.8 Å². The highest BCUT2D eigenvalue weighted by Crippen LogP contribution is 2.95. The van der Waals surface area contributed by atoms with E-state index in [0.29, 0.717) is 16.2 Å². The van der Waals surface area contributed by atoms with E-state index >= 15 is 0 Å². The standard InChI is InChI=1S/C29H32N8/c1-18-9-33-25(34-16-28-14-26(2)6-19-7-27(3,15-28)29(26,28)8-19)36-24(18)22-12-32-23-5-4-20(13-37(22)23)35-21-10-30-17-31-11-21/h4-5,9-13,16-17,19,25,35-36H,6-8,14-15H2,1-3H3/b34-16+/t19?,25?,26-,27+,28?,29?. The van der Waals surface area contributed by atoms with Gasteiger partial charge in [0, 0.05) is 24.0 Å². The summed E-state index contributed by atoms with van der Waals surface area (Å²) in [5.41, 5.74) is 7.53. The van der Waals surface area contributed by atoms with E-state index in [1.807, 2.05) is 24.5 Å². The molecule has 2 N–H and O–H groups in total. The summed E-state index contributed by atoms with van der Waals surface area (Å²) < 4.78 is 2.10. The number of allylic oxidation sites excluding steroid dienone is 1. The van der Waals surface area contributed by atoms with Crippen LogP contribution in [0.1, 0.15) is 58.6 Å². The smallest absolute Gasteiger partial charge is 0.213 e. The molecule has 1 aliphatic heterocycles. The van der Waals surface area contributed by atoms with Gasteiger partial charge in [-0.1, -0.05) is 13.8 Å². The highest BCUT2D eigenvalue weighted by molar-refractivity contribution is 5.91. The first-order chi connectivity index (χ1) is 17.8. The Morgan fingerprint density at radius 3 is 2.59 bits per heavy atom. The second-order valence-corrected chi connectivity index (χ2v) is 12.7. The summed E-state index contributed by atoms with van der Waals surface area (Å²) in [5, 5.41) is 6.97. The number of pyridine rings is 1. The first-order valence-electron chi connectivity index (χ1n) is 13.4. The predicted molar refractivity (Wildman–Crippen MR) is 145 cm³/mol. The number of nitrogens with zero attached hydrogens (tertiary/aromatic N) is 6. The fourth-order valence-electron chi connectivity index (χ4n) is 9.95. The number of aliphatic imine (C=N–C) groups is 2. The highest BCUT2D eigenvalue weighted by atomic mass is 15.2. The molecule has 4 fully saturated rings. The minimum atomic E-state index is -0.310. The van der Waals surface area contributed by atoms with E-state index in [0.717, 1.165) is 39.9 Å². The van der Waals surface area contributed by atoms with Gasteiger partial charge >= 0.3 is 0 Å². The largest absolute Gasteiger partial charge is 0.352 e. The lowest BCUT2D eigenvalue weighted by Crippen LogP contribution is -2.77. The van der Waals surface area contributed by atoms with Crippen LogP contribution in [0.5, 0.6) is 0 Å². The third kappa shape index (κ3) is 2.61. The summed E-state index contributed by atoms with van der Waals surface area (Å²) in [7, 11) is 0. The van der Waals surface area contributed by atoms with Crippen LogP contribution in [0, 0.1) is 27.6 Å². The van der Waals surface area contributed by atoms with Crippen LogP contribution in [0.3, 0.4) is 0 Å². The number of fused-ring (bicyclic) bond motifs is 2. The lowest BCUT2D eigenvalue weighted by molar-refractivity contribution is -0.316. The van der Waals surface area contributed by atoms with Gasteiger partial charge in [0.2, 0.25) is 6.29 Å². The van der Waals surface area contributed by atoms with E-state index in [1.165, 1.54) is 38.4 Å². The maximum absolute atomic E-state index is 5.07. The molecule has 1 spiro atoms. The number of imidazole rings is 1. The molecule has 4 heterocycles. The topological polar surface area (TPSA) is 91.9 Å². The Morgan fingerprint density at radius 1 is 1.05 bits per heavy atom. The summed E-state index contributed by atoms with van der Waals surface area (Å²) in [6.45, 7) is 7.18. The fourth-order valence-corrected chi connectivity index (χ4v) is 9.95. The van der Waals surface area contributed by atoms with Crippen molar-refractivity contribution in [2.75, 3.05) is 5.32 Å². The summed E-state index contributed by atoms with van der Waals surface area (Å²) in [6.07, 6.45) is 19.8. The first kappa shape index (κ1) is 21.5. The van der Waals surface area contributed by atoms with Crippen molar-refractivity contribution in [1.82, 2.24) is 24.7 Å². The fraction of sp³-hybridized carbons (Fsp3) is 0.483. The van der Waals surface area contributed by atoms with Gasteiger partial charge < -0.3 is 10.6 Å². The zero-order valence-corrected chi connectivity index (χ0v) is 21.6. The average Bonchev–Trinajstić information content (AvgIpc) is 3.49. The van der Waals surface area contributed by atoms with Gasteiger partial charge in [-0.05, 0) is 78.9 Å². The van der Waals surface area contributed by atoms with Crippen molar-refractivity contribution >= 4 is 35.1 Å². The van der Waals surface area contributed by atoms with E-state index in [9.17, 15) is 0 Å². The number of nitrogens with one attached hydrogen (secondary N) is 2. The van der Waals surface area contributed by atoms with Crippen molar-refractivity contribution in [3.63, 3.8) is 0 Å². The van der Waals surface area contributed by atoms with E-state index in [1.54, 1.807) is 12.4 Å². The maximum Gasteiger partial charge on any atom is 0.213 e. The molecule has 3 aromatic rings. The number of rotatable bonds is 5. The SMILES string of the molecule is CC1=C(c2cnc3ccc(Nc4cncnc4)cn23)NC(/N=C/C23C[C@]4(C)CC5CC24[C@](C)(C5)C3)N=C1. The molecule has 37 heavy (non-hydrogen) atoms. The Labute approximate surface area is 216 Å². The summed E-state index contributed by atoms with van der Waals surface area (Å²) in [4.78, 5) is 22.6. The van der Waals surface area contributed by atoms with Crippen LogP contribution in [-0.4, -0.2) is 38.1 Å². The molecule has 6 atom stereocenters. The lowest BCUT2D eigenvalue weighted by Gasteiger charge is -2.82. The summed E-state index contributed by atoms with van der Waals surface area (Å²) >= 11 is 0. The molecule has 3 aromatic heterocycles. The molecule has 8 nitrogen and oxygen atoms in total. The minimum absolute atomic E-state index is 0.278. The Morgan fingerprint density at radius 2 is 1.84 bits per heavy atom. The average molecular weight is 493 g/mol. The Kier molecular flexibility index (Phi) is 3.99. The molecule has 188 valence electrons. The van der Waals surface area contributed by atoms with Crippen molar-refractivity contribution in [1.29, 1.82) is 0 Å². The molecular weight excluding hydrogens is 460 g/mol. The molecule has 8 rings (SSSR count). The van der Waals surface area contributed by atoms with Crippen LogP contribution in [0.4, 0.5) is 11.4 Å². The minimum Gasteiger partial charge on any atom is -0.352 e. The third-order valence-corrected chi connectivity index (χ3v) is 10.5. The van der Waals surface area contributed by atoms with Crippen LogP contribution >= 0.6 is 0 Å². The van der Waals surface area contributed by atoms with Gasteiger partial charge in [0.15, 0.2) is 0 Å². The normalized spacial score (nSPS) is 39.0. The molecule has 0 aromatic carbocycles. The number of hydrogen-bond donors (Lipinski definition) is 2. The molecule has 4 aliphatic carbocycles. The lowest BCUT2D eigenvalue weighted by atomic mass is 9.21. The van der Waals surface area contributed by atoms with E-state index in [4.69, 9.17) is 9.98 Å². The molecular formula is C29H32N8. The van der Waals surface area contributed by atoms with E-state index in [-0.39, 0.29) is 11.7 Å². The summed E-state index contributed by atoms with van der Waals surface area (Å²) in [6, 6.07) is 4.02. The molecule has 0 saturated heterocycles. The van der Waals surface area contributed by atoms with Gasteiger partial charge in [0.05, 0.1) is 41.4 Å². The van der Waals surface area contributed by atoms with Crippen molar-refractivity contribution < 1.29 is 0 Å².